The Bertz CT molecular complexity index is 221. The number of hydrogen-bond donors (Lipinski definition) is 4. The highest BCUT2D eigenvalue weighted by molar-refractivity contribution is 5.67. The minimum absolute atomic E-state index is 0.0146. The van der Waals surface area contributed by atoms with E-state index in [2.05, 4.69) is 5.32 Å². The zero-order chi connectivity index (χ0) is 11.4. The van der Waals surface area contributed by atoms with E-state index in [1.165, 1.54) is 0 Å². The third-order valence-corrected chi connectivity index (χ3v) is 2.85. The Morgan fingerprint density at radius 3 is 2.73 bits per heavy atom. The molecular formula is C10H19NO4. The van der Waals surface area contributed by atoms with Gasteiger partial charge in [0.05, 0.1) is 18.6 Å². The van der Waals surface area contributed by atoms with E-state index in [-0.39, 0.29) is 24.6 Å². The first-order valence-corrected chi connectivity index (χ1v) is 5.33. The molecule has 0 bridgehead atoms. The van der Waals surface area contributed by atoms with Crippen LogP contribution < -0.4 is 5.32 Å². The molecule has 1 saturated heterocycles. The molecule has 0 aliphatic carbocycles. The summed E-state index contributed by atoms with van der Waals surface area (Å²) in [5.74, 6) is -0.980. The molecule has 5 heteroatoms. The van der Waals surface area contributed by atoms with E-state index < -0.39 is 12.1 Å². The van der Waals surface area contributed by atoms with Crippen LogP contribution >= 0.6 is 0 Å². The maximum Gasteiger partial charge on any atom is 0.305 e. The number of carbonyl (C=O) groups is 1. The molecule has 0 aromatic rings. The maximum absolute atomic E-state index is 10.3. The monoisotopic (exact) mass is 217 g/mol. The number of carboxylic acids is 1. The molecule has 0 aromatic heterocycles. The normalized spacial score (nSPS) is 33.7. The van der Waals surface area contributed by atoms with Crippen LogP contribution in [-0.2, 0) is 4.79 Å². The van der Waals surface area contributed by atoms with Crippen LogP contribution in [0, 0.1) is 0 Å². The lowest BCUT2D eigenvalue weighted by Crippen LogP contribution is -2.49. The second-order valence-electron chi connectivity index (χ2n) is 4.28. The van der Waals surface area contributed by atoms with Crippen molar-refractivity contribution in [2.45, 2.75) is 56.9 Å². The van der Waals surface area contributed by atoms with Crippen LogP contribution in [0.2, 0.25) is 0 Å². The third kappa shape index (κ3) is 4.15. The van der Waals surface area contributed by atoms with Crippen LogP contribution in [0.3, 0.4) is 0 Å². The number of piperidine rings is 1. The lowest BCUT2D eigenvalue weighted by atomic mass is 9.93. The van der Waals surface area contributed by atoms with Crippen molar-refractivity contribution < 1.29 is 20.1 Å². The standard InChI is InChI=1S/C10H19NO4/c1-6-9(13)3-2-7(11-6)4-8(12)5-10(14)15/h6-9,11-13H,2-5H2,1H3,(H,14,15)/t6-,7-,8+,9+/m0/s1. The molecule has 0 spiro atoms. The Hall–Kier alpha value is -0.650. The fourth-order valence-electron chi connectivity index (χ4n) is 1.99. The molecule has 1 fully saturated rings. The highest BCUT2D eigenvalue weighted by Crippen LogP contribution is 2.17. The molecule has 1 aliphatic rings. The van der Waals surface area contributed by atoms with Crippen molar-refractivity contribution >= 4 is 5.97 Å². The highest BCUT2D eigenvalue weighted by Gasteiger charge is 2.26. The predicted molar refractivity (Wildman–Crippen MR) is 54.5 cm³/mol. The van der Waals surface area contributed by atoms with Gasteiger partial charge < -0.3 is 20.6 Å². The second-order valence-corrected chi connectivity index (χ2v) is 4.28. The average Bonchev–Trinajstić information content (AvgIpc) is 2.10. The zero-order valence-corrected chi connectivity index (χ0v) is 8.89. The SMILES string of the molecule is C[C@@H]1N[C@H](C[C@@H](O)CC(=O)O)CC[C@H]1O. The number of rotatable bonds is 4. The fourth-order valence-corrected chi connectivity index (χ4v) is 1.99. The number of nitrogens with one attached hydrogen (secondary N) is 1. The van der Waals surface area contributed by atoms with Crippen molar-refractivity contribution in [3.8, 4) is 0 Å². The molecule has 1 aliphatic heterocycles. The van der Waals surface area contributed by atoms with E-state index in [4.69, 9.17) is 5.11 Å². The van der Waals surface area contributed by atoms with Gasteiger partial charge in [0.1, 0.15) is 0 Å². The van der Waals surface area contributed by atoms with Crippen LogP contribution in [-0.4, -0.2) is 45.6 Å². The Morgan fingerprint density at radius 2 is 2.20 bits per heavy atom. The molecule has 0 radical (unpaired) electrons. The average molecular weight is 217 g/mol. The van der Waals surface area contributed by atoms with Gasteiger partial charge in [-0.15, -0.1) is 0 Å². The fraction of sp³-hybridized carbons (Fsp3) is 0.900. The van der Waals surface area contributed by atoms with E-state index >= 15 is 0 Å². The van der Waals surface area contributed by atoms with Gasteiger partial charge in [0.2, 0.25) is 0 Å². The van der Waals surface area contributed by atoms with Gasteiger partial charge in [-0.2, -0.15) is 0 Å². The van der Waals surface area contributed by atoms with E-state index in [1.54, 1.807) is 0 Å². The highest BCUT2D eigenvalue weighted by atomic mass is 16.4. The number of aliphatic hydroxyl groups is 2. The Kier molecular flexibility index (Phi) is 4.50. The molecule has 15 heavy (non-hydrogen) atoms. The maximum atomic E-state index is 10.3. The topological polar surface area (TPSA) is 89.8 Å². The molecule has 0 saturated carbocycles. The van der Waals surface area contributed by atoms with Crippen molar-refractivity contribution in [1.82, 2.24) is 5.32 Å². The number of hydrogen-bond acceptors (Lipinski definition) is 4. The first kappa shape index (κ1) is 12.4. The van der Waals surface area contributed by atoms with Gasteiger partial charge in [-0.25, -0.2) is 0 Å². The van der Waals surface area contributed by atoms with E-state index in [1.807, 2.05) is 6.92 Å². The summed E-state index contributed by atoms with van der Waals surface area (Å²) in [6.07, 6.45) is 0.569. The molecule has 0 unspecified atom stereocenters. The summed E-state index contributed by atoms with van der Waals surface area (Å²) in [5, 5.41) is 30.6. The summed E-state index contributed by atoms with van der Waals surface area (Å²) in [6, 6.07) is 0.124. The van der Waals surface area contributed by atoms with Crippen molar-refractivity contribution in [3.63, 3.8) is 0 Å². The summed E-state index contributed by atoms with van der Waals surface area (Å²) in [6.45, 7) is 1.89. The van der Waals surface area contributed by atoms with Gasteiger partial charge in [-0.1, -0.05) is 0 Å². The minimum Gasteiger partial charge on any atom is -0.481 e. The molecule has 1 rings (SSSR count). The van der Waals surface area contributed by atoms with E-state index in [0.29, 0.717) is 12.8 Å². The van der Waals surface area contributed by atoms with Gasteiger partial charge in [0, 0.05) is 12.1 Å². The van der Waals surface area contributed by atoms with Crippen molar-refractivity contribution in [2.75, 3.05) is 0 Å². The number of aliphatic hydroxyl groups excluding tert-OH is 2. The zero-order valence-electron chi connectivity index (χ0n) is 8.89. The molecule has 4 N–H and O–H groups in total. The smallest absolute Gasteiger partial charge is 0.305 e. The summed E-state index contributed by atoms with van der Waals surface area (Å²) in [5.41, 5.74) is 0. The molecule has 0 aromatic carbocycles. The molecule has 5 nitrogen and oxygen atoms in total. The summed E-state index contributed by atoms with van der Waals surface area (Å²) < 4.78 is 0. The largest absolute Gasteiger partial charge is 0.481 e. The van der Waals surface area contributed by atoms with Crippen molar-refractivity contribution in [2.24, 2.45) is 0 Å². The molecule has 0 amide bonds. The van der Waals surface area contributed by atoms with Crippen molar-refractivity contribution in [1.29, 1.82) is 0 Å². The second kappa shape index (κ2) is 5.44. The van der Waals surface area contributed by atoms with Crippen LogP contribution in [0.25, 0.3) is 0 Å². The molecule has 4 atom stereocenters. The molecule has 88 valence electrons. The van der Waals surface area contributed by atoms with Crippen LogP contribution in [0.4, 0.5) is 0 Å². The quantitative estimate of drug-likeness (QED) is 0.520. The first-order valence-electron chi connectivity index (χ1n) is 5.33. The number of carboxylic acid groups (broad SMARTS) is 1. The summed E-state index contributed by atoms with van der Waals surface area (Å²) in [7, 11) is 0. The summed E-state index contributed by atoms with van der Waals surface area (Å²) in [4.78, 5) is 10.3. The number of aliphatic carboxylic acids is 1. The van der Waals surface area contributed by atoms with Gasteiger partial charge in [0.25, 0.3) is 0 Å². The minimum atomic E-state index is -0.980. The van der Waals surface area contributed by atoms with E-state index in [9.17, 15) is 15.0 Å². The lowest BCUT2D eigenvalue weighted by Gasteiger charge is -2.33. The molecular weight excluding hydrogens is 198 g/mol. The predicted octanol–water partition coefficient (Wildman–Crippen LogP) is -0.287. The van der Waals surface area contributed by atoms with Crippen LogP contribution in [0.15, 0.2) is 0 Å². The Morgan fingerprint density at radius 1 is 1.53 bits per heavy atom. The lowest BCUT2D eigenvalue weighted by molar-refractivity contribution is -0.139. The van der Waals surface area contributed by atoms with E-state index in [0.717, 1.165) is 6.42 Å². The van der Waals surface area contributed by atoms with Crippen LogP contribution in [0.1, 0.15) is 32.6 Å². The Balaban J connectivity index is 2.30. The Labute approximate surface area is 89.1 Å². The molecule has 1 heterocycles. The summed E-state index contributed by atoms with van der Waals surface area (Å²) >= 11 is 0. The van der Waals surface area contributed by atoms with Gasteiger partial charge >= 0.3 is 5.97 Å². The van der Waals surface area contributed by atoms with Gasteiger partial charge in [-0.3, -0.25) is 4.79 Å². The first-order chi connectivity index (χ1) is 6.99. The third-order valence-electron chi connectivity index (χ3n) is 2.85. The van der Waals surface area contributed by atoms with Crippen LogP contribution in [0.5, 0.6) is 0 Å². The van der Waals surface area contributed by atoms with Gasteiger partial charge in [0.15, 0.2) is 0 Å². The van der Waals surface area contributed by atoms with Gasteiger partial charge in [-0.05, 0) is 26.2 Å². The van der Waals surface area contributed by atoms with Crippen molar-refractivity contribution in [3.05, 3.63) is 0 Å².